The maximum absolute atomic E-state index is 12.8. The van der Waals surface area contributed by atoms with Crippen LogP contribution in [0.2, 0.25) is 0 Å². The quantitative estimate of drug-likeness (QED) is 0.813. The first-order valence-electron chi connectivity index (χ1n) is 10.0. The summed E-state index contributed by atoms with van der Waals surface area (Å²) in [5, 5.41) is 0. The number of anilines is 2. The minimum absolute atomic E-state index is 0.235. The second-order valence-electron chi connectivity index (χ2n) is 9.44. The van der Waals surface area contributed by atoms with Crippen molar-refractivity contribution in [2.45, 2.75) is 65.6 Å². The number of ether oxygens (including phenoxy) is 2. The smallest absolute Gasteiger partial charge is 0.414 e. The Balaban J connectivity index is 2.03. The van der Waals surface area contributed by atoms with E-state index in [-0.39, 0.29) is 12.0 Å². The van der Waals surface area contributed by atoms with E-state index in [0.717, 1.165) is 12.8 Å². The molecule has 0 bridgehead atoms. The molecule has 162 valence electrons. The number of carbonyl (C=O) groups is 2. The van der Waals surface area contributed by atoms with E-state index in [1.165, 1.54) is 0 Å². The third-order valence-electron chi connectivity index (χ3n) is 4.40. The molecule has 0 spiro atoms. The number of aromatic nitrogens is 1. The minimum atomic E-state index is -0.601. The van der Waals surface area contributed by atoms with Crippen LogP contribution in [0.4, 0.5) is 21.1 Å². The summed E-state index contributed by atoms with van der Waals surface area (Å²) in [7, 11) is 0. The number of hydrogen-bond acceptors (Lipinski definition) is 6. The summed E-state index contributed by atoms with van der Waals surface area (Å²) in [6, 6.07) is 3.43. The average Bonchev–Trinajstić information content (AvgIpc) is 2.58. The van der Waals surface area contributed by atoms with Gasteiger partial charge in [0, 0.05) is 19.6 Å². The van der Waals surface area contributed by atoms with Gasteiger partial charge < -0.3 is 20.1 Å². The molecule has 0 unspecified atom stereocenters. The first-order valence-corrected chi connectivity index (χ1v) is 10.0. The Morgan fingerprint density at radius 1 is 1.10 bits per heavy atom. The molecule has 2 N–H and O–H groups in total. The Labute approximate surface area is 173 Å². The molecule has 1 saturated heterocycles. The van der Waals surface area contributed by atoms with Crippen molar-refractivity contribution in [3.63, 3.8) is 0 Å². The van der Waals surface area contributed by atoms with Crippen molar-refractivity contribution in [1.82, 2.24) is 9.88 Å². The lowest BCUT2D eigenvalue weighted by Gasteiger charge is -2.36. The Morgan fingerprint density at radius 3 is 2.17 bits per heavy atom. The van der Waals surface area contributed by atoms with E-state index in [4.69, 9.17) is 15.2 Å². The van der Waals surface area contributed by atoms with Crippen LogP contribution in [0.25, 0.3) is 0 Å². The maximum atomic E-state index is 12.8. The molecule has 0 radical (unpaired) electrons. The molecule has 8 heteroatoms. The van der Waals surface area contributed by atoms with Gasteiger partial charge in [-0.25, -0.2) is 14.6 Å². The second kappa shape index (κ2) is 8.88. The van der Waals surface area contributed by atoms with Crippen molar-refractivity contribution in [3.05, 3.63) is 18.3 Å². The van der Waals surface area contributed by atoms with Crippen LogP contribution in [0.5, 0.6) is 0 Å². The third kappa shape index (κ3) is 7.44. The largest absolute Gasteiger partial charge is 0.444 e. The lowest BCUT2D eigenvalue weighted by molar-refractivity contribution is 0.0182. The lowest BCUT2D eigenvalue weighted by Crippen LogP contribution is -2.45. The van der Waals surface area contributed by atoms with Gasteiger partial charge in [0.2, 0.25) is 0 Å². The highest BCUT2D eigenvalue weighted by molar-refractivity contribution is 5.87. The van der Waals surface area contributed by atoms with Crippen molar-refractivity contribution in [2.75, 3.05) is 30.3 Å². The molecule has 2 amide bonds. The van der Waals surface area contributed by atoms with Crippen LogP contribution >= 0.6 is 0 Å². The van der Waals surface area contributed by atoms with E-state index < -0.39 is 17.3 Å². The third-order valence-corrected chi connectivity index (χ3v) is 4.40. The van der Waals surface area contributed by atoms with Gasteiger partial charge in [-0.2, -0.15) is 0 Å². The van der Waals surface area contributed by atoms with Crippen LogP contribution in [0.1, 0.15) is 54.4 Å². The summed E-state index contributed by atoms with van der Waals surface area (Å²) in [6.07, 6.45) is 2.43. The van der Waals surface area contributed by atoms with Gasteiger partial charge in [-0.3, -0.25) is 4.90 Å². The first-order chi connectivity index (χ1) is 13.3. The van der Waals surface area contributed by atoms with Gasteiger partial charge in [0.25, 0.3) is 0 Å². The standard InChI is InChI=1S/C21H34N4O4/c1-20(2,3)28-18(26)24-11-9-15(10-12-24)14-25(19(27)29-21(4,5)6)16-7-8-17(22)23-13-16/h7-8,13,15H,9-12,14H2,1-6H3,(H2,22,23). The van der Waals surface area contributed by atoms with Crippen LogP contribution < -0.4 is 10.6 Å². The van der Waals surface area contributed by atoms with Crippen LogP contribution in [-0.2, 0) is 9.47 Å². The van der Waals surface area contributed by atoms with Gasteiger partial charge in [-0.1, -0.05) is 0 Å². The molecule has 8 nitrogen and oxygen atoms in total. The Hall–Kier alpha value is -2.51. The van der Waals surface area contributed by atoms with Crippen molar-refractivity contribution in [2.24, 2.45) is 5.92 Å². The normalized spacial score (nSPS) is 15.7. The first kappa shape index (κ1) is 22.8. The molecule has 0 aromatic carbocycles. The lowest BCUT2D eigenvalue weighted by atomic mass is 9.96. The topological polar surface area (TPSA) is 98.0 Å². The minimum Gasteiger partial charge on any atom is -0.444 e. The van der Waals surface area contributed by atoms with E-state index in [2.05, 4.69) is 4.98 Å². The van der Waals surface area contributed by atoms with E-state index in [1.54, 1.807) is 28.1 Å². The zero-order chi connectivity index (χ0) is 21.8. The van der Waals surface area contributed by atoms with Crippen molar-refractivity contribution < 1.29 is 19.1 Å². The molecule has 0 aliphatic carbocycles. The van der Waals surface area contributed by atoms with Gasteiger partial charge in [-0.05, 0) is 72.4 Å². The summed E-state index contributed by atoms with van der Waals surface area (Å²) in [5.74, 6) is 0.627. The SMILES string of the molecule is CC(C)(C)OC(=O)N1CCC(CN(C(=O)OC(C)(C)C)c2ccc(N)nc2)CC1. The molecule has 2 heterocycles. The Morgan fingerprint density at radius 2 is 1.69 bits per heavy atom. The van der Waals surface area contributed by atoms with Crippen molar-refractivity contribution >= 4 is 23.7 Å². The number of piperidine rings is 1. The highest BCUT2D eigenvalue weighted by Gasteiger charge is 2.30. The number of amides is 2. The predicted octanol–water partition coefficient (Wildman–Crippen LogP) is 4.05. The highest BCUT2D eigenvalue weighted by atomic mass is 16.6. The molecule has 0 atom stereocenters. The molecule has 1 aromatic heterocycles. The van der Waals surface area contributed by atoms with Crippen LogP contribution in [0, 0.1) is 5.92 Å². The molecule has 2 rings (SSSR count). The molecule has 1 aromatic rings. The predicted molar refractivity (Wildman–Crippen MR) is 113 cm³/mol. The van der Waals surface area contributed by atoms with Gasteiger partial charge in [-0.15, -0.1) is 0 Å². The molecular formula is C21H34N4O4. The zero-order valence-electron chi connectivity index (χ0n) is 18.4. The van der Waals surface area contributed by atoms with Gasteiger partial charge >= 0.3 is 12.2 Å². The summed E-state index contributed by atoms with van der Waals surface area (Å²) in [5.41, 5.74) is 5.21. The summed E-state index contributed by atoms with van der Waals surface area (Å²) in [6.45, 7) is 12.8. The number of carbonyl (C=O) groups excluding carboxylic acids is 2. The Kier molecular flexibility index (Phi) is 6.97. The van der Waals surface area contributed by atoms with E-state index >= 15 is 0 Å². The molecule has 29 heavy (non-hydrogen) atoms. The molecular weight excluding hydrogens is 372 g/mol. The molecule has 1 aliphatic rings. The van der Waals surface area contributed by atoms with E-state index in [1.807, 2.05) is 41.5 Å². The van der Waals surface area contributed by atoms with Gasteiger partial charge in [0.05, 0.1) is 11.9 Å². The van der Waals surface area contributed by atoms with Gasteiger partial charge in [0.15, 0.2) is 0 Å². The Bertz CT molecular complexity index is 699. The number of pyridine rings is 1. The fourth-order valence-electron chi connectivity index (χ4n) is 3.04. The summed E-state index contributed by atoms with van der Waals surface area (Å²) < 4.78 is 11.0. The fraction of sp³-hybridized carbons (Fsp3) is 0.667. The zero-order valence-corrected chi connectivity index (χ0v) is 18.4. The number of nitrogens with zero attached hydrogens (tertiary/aromatic N) is 3. The number of nitrogens with two attached hydrogens (primary N) is 1. The van der Waals surface area contributed by atoms with E-state index in [9.17, 15) is 9.59 Å². The number of rotatable bonds is 3. The second-order valence-corrected chi connectivity index (χ2v) is 9.44. The summed E-state index contributed by atoms with van der Waals surface area (Å²) >= 11 is 0. The summed E-state index contributed by atoms with van der Waals surface area (Å²) in [4.78, 5) is 32.5. The van der Waals surface area contributed by atoms with Crippen molar-refractivity contribution in [1.29, 1.82) is 0 Å². The number of likely N-dealkylation sites (tertiary alicyclic amines) is 1. The molecule has 1 fully saturated rings. The van der Waals surface area contributed by atoms with E-state index in [0.29, 0.717) is 31.1 Å². The fourth-order valence-corrected chi connectivity index (χ4v) is 3.04. The molecule has 0 saturated carbocycles. The van der Waals surface area contributed by atoms with Crippen LogP contribution in [0.3, 0.4) is 0 Å². The monoisotopic (exact) mass is 406 g/mol. The molecule has 1 aliphatic heterocycles. The van der Waals surface area contributed by atoms with Gasteiger partial charge in [0.1, 0.15) is 17.0 Å². The van der Waals surface area contributed by atoms with Crippen LogP contribution in [0.15, 0.2) is 18.3 Å². The number of nitrogen functional groups attached to an aromatic ring is 1. The highest BCUT2D eigenvalue weighted by Crippen LogP contribution is 2.25. The van der Waals surface area contributed by atoms with Crippen molar-refractivity contribution in [3.8, 4) is 0 Å². The maximum Gasteiger partial charge on any atom is 0.414 e. The number of hydrogen-bond donors (Lipinski definition) is 1. The van der Waals surface area contributed by atoms with Crippen LogP contribution in [-0.4, -0.2) is 52.9 Å². The average molecular weight is 407 g/mol.